The van der Waals surface area contributed by atoms with E-state index >= 15 is 0 Å². The molecule has 3 aromatic carbocycles. The molecule has 0 aliphatic rings. The summed E-state index contributed by atoms with van der Waals surface area (Å²) < 4.78 is 5.65. The zero-order valence-corrected chi connectivity index (χ0v) is 13.1. The van der Waals surface area contributed by atoms with Gasteiger partial charge in [0.15, 0.2) is 0 Å². The van der Waals surface area contributed by atoms with Gasteiger partial charge >= 0.3 is 5.97 Å². The van der Waals surface area contributed by atoms with E-state index in [2.05, 4.69) is 15.9 Å². The highest BCUT2D eigenvalue weighted by atomic mass is 16.5. The average Bonchev–Trinajstić information content (AvgIpc) is 2.63. The van der Waals surface area contributed by atoms with Crippen LogP contribution in [0.4, 0.5) is 0 Å². The maximum atomic E-state index is 11.5. The van der Waals surface area contributed by atoms with Gasteiger partial charge in [-0.2, -0.15) is 0 Å². The molecule has 0 fully saturated rings. The normalized spacial score (nSPS) is 10.8. The Balaban J connectivity index is 2.14. The third-order valence-electron chi connectivity index (χ3n) is 3.98. The number of terminal acetylenes is 1. The second kappa shape index (κ2) is 5.77. The molecule has 0 bridgehead atoms. The third kappa shape index (κ3) is 2.41. The van der Waals surface area contributed by atoms with Crippen molar-refractivity contribution in [2.24, 2.45) is 0 Å². The summed E-state index contributed by atoms with van der Waals surface area (Å²) in [5, 5.41) is 11.1. The highest BCUT2D eigenvalue weighted by Gasteiger charge is 2.14. The molecule has 5 heteroatoms. The van der Waals surface area contributed by atoms with Gasteiger partial charge in [0.2, 0.25) is 0 Å². The summed E-state index contributed by atoms with van der Waals surface area (Å²) in [6, 6.07) is 14.3. The van der Waals surface area contributed by atoms with Gasteiger partial charge in [-0.15, -0.1) is 6.42 Å². The Bertz CT molecular complexity index is 1190. The number of aromatic nitrogens is 2. The largest absolute Gasteiger partial charge is 0.480 e. The molecule has 0 unspecified atom stereocenters. The van der Waals surface area contributed by atoms with E-state index in [9.17, 15) is 9.90 Å². The van der Waals surface area contributed by atoms with Crippen LogP contribution >= 0.6 is 0 Å². The number of carbonyl (C=O) groups is 1. The minimum atomic E-state index is -1.04. The van der Waals surface area contributed by atoms with Gasteiger partial charge < -0.3 is 9.84 Å². The van der Waals surface area contributed by atoms with E-state index in [4.69, 9.17) is 11.2 Å². The van der Waals surface area contributed by atoms with Crippen LogP contribution in [-0.2, 0) is 0 Å². The fraction of sp³-hybridized carbons (Fsp3) is 0.0500. The standard InChI is InChI=1S/C20H12N2O3/c1-2-11-25-16-8-3-5-12-9-10-15-19(17(12)16)22-18-13(20(23)24)6-4-7-14(18)21-15/h1,3-10H,11H2,(H,23,24). The van der Waals surface area contributed by atoms with E-state index in [0.717, 1.165) is 10.8 Å². The summed E-state index contributed by atoms with van der Waals surface area (Å²) in [4.78, 5) is 20.7. The molecule has 0 aliphatic heterocycles. The quantitative estimate of drug-likeness (QED) is 0.353. The Hall–Kier alpha value is -3.65. The van der Waals surface area contributed by atoms with E-state index in [1.807, 2.05) is 30.3 Å². The van der Waals surface area contributed by atoms with Crippen LogP contribution in [0.3, 0.4) is 0 Å². The lowest BCUT2D eigenvalue weighted by Gasteiger charge is -2.10. The Labute approximate surface area is 142 Å². The predicted molar refractivity (Wildman–Crippen MR) is 95.8 cm³/mol. The molecule has 0 saturated carbocycles. The van der Waals surface area contributed by atoms with Crippen molar-refractivity contribution in [2.75, 3.05) is 6.61 Å². The summed E-state index contributed by atoms with van der Waals surface area (Å²) in [5.41, 5.74) is 2.26. The van der Waals surface area contributed by atoms with Crippen LogP contribution in [0.15, 0.2) is 48.5 Å². The van der Waals surface area contributed by atoms with Crippen molar-refractivity contribution in [2.45, 2.75) is 0 Å². The summed E-state index contributed by atoms with van der Waals surface area (Å²) in [6.45, 7) is 0.136. The van der Waals surface area contributed by atoms with Gasteiger partial charge in [-0.3, -0.25) is 0 Å². The SMILES string of the molecule is C#CCOc1cccc2ccc3nc4cccc(C(=O)O)c4nc3c12. The van der Waals surface area contributed by atoms with Gasteiger partial charge in [-0.05, 0) is 29.7 Å². The molecule has 120 valence electrons. The average molecular weight is 328 g/mol. The van der Waals surface area contributed by atoms with Crippen LogP contribution in [-0.4, -0.2) is 27.7 Å². The molecule has 0 atom stereocenters. The third-order valence-corrected chi connectivity index (χ3v) is 3.98. The van der Waals surface area contributed by atoms with Crippen LogP contribution in [0.5, 0.6) is 5.75 Å². The molecular weight excluding hydrogens is 316 g/mol. The molecule has 4 rings (SSSR count). The summed E-state index contributed by atoms with van der Waals surface area (Å²) >= 11 is 0. The number of carboxylic acids is 1. The number of hydrogen-bond acceptors (Lipinski definition) is 4. The Morgan fingerprint density at radius 1 is 1.04 bits per heavy atom. The Kier molecular flexibility index (Phi) is 3.44. The first kappa shape index (κ1) is 14.9. The lowest BCUT2D eigenvalue weighted by molar-refractivity contribution is 0.0699. The number of benzene rings is 3. The number of ether oxygens (including phenoxy) is 1. The zero-order valence-electron chi connectivity index (χ0n) is 13.1. The molecule has 5 nitrogen and oxygen atoms in total. The number of rotatable bonds is 3. The molecule has 0 amide bonds. The summed E-state index contributed by atoms with van der Waals surface area (Å²) in [7, 11) is 0. The molecule has 4 aromatic rings. The molecular formula is C20H12N2O3. The molecule has 0 aliphatic carbocycles. The second-order valence-corrected chi connectivity index (χ2v) is 5.48. The van der Waals surface area contributed by atoms with Gasteiger partial charge in [0.05, 0.1) is 22.0 Å². The highest BCUT2D eigenvalue weighted by molar-refractivity contribution is 6.10. The van der Waals surface area contributed by atoms with E-state index in [0.29, 0.717) is 27.8 Å². The topological polar surface area (TPSA) is 72.3 Å². The first-order valence-corrected chi connectivity index (χ1v) is 7.61. The molecule has 1 aromatic heterocycles. The fourth-order valence-electron chi connectivity index (χ4n) is 2.91. The number of para-hydroxylation sites is 1. The molecule has 25 heavy (non-hydrogen) atoms. The van der Waals surface area contributed by atoms with Crippen molar-refractivity contribution in [3.8, 4) is 18.1 Å². The zero-order chi connectivity index (χ0) is 17.4. The van der Waals surface area contributed by atoms with E-state index < -0.39 is 5.97 Å². The van der Waals surface area contributed by atoms with Crippen molar-refractivity contribution in [3.05, 3.63) is 54.1 Å². The number of nitrogens with zero attached hydrogens (tertiary/aromatic N) is 2. The Morgan fingerprint density at radius 2 is 1.84 bits per heavy atom. The number of hydrogen-bond donors (Lipinski definition) is 1. The summed E-state index contributed by atoms with van der Waals surface area (Å²) in [5.74, 6) is 2.01. The lowest BCUT2D eigenvalue weighted by Crippen LogP contribution is -2.01. The van der Waals surface area contributed by atoms with Crippen LogP contribution < -0.4 is 4.74 Å². The minimum absolute atomic E-state index is 0.117. The van der Waals surface area contributed by atoms with Crippen molar-refractivity contribution in [3.63, 3.8) is 0 Å². The van der Waals surface area contributed by atoms with Crippen molar-refractivity contribution in [1.82, 2.24) is 9.97 Å². The first-order chi connectivity index (χ1) is 12.2. The molecule has 1 N–H and O–H groups in total. The van der Waals surface area contributed by atoms with Crippen molar-refractivity contribution >= 4 is 38.8 Å². The fourth-order valence-corrected chi connectivity index (χ4v) is 2.91. The lowest BCUT2D eigenvalue weighted by atomic mass is 10.1. The van der Waals surface area contributed by atoms with Crippen LogP contribution in [0.1, 0.15) is 10.4 Å². The van der Waals surface area contributed by atoms with E-state index in [-0.39, 0.29) is 12.2 Å². The smallest absolute Gasteiger partial charge is 0.337 e. The van der Waals surface area contributed by atoms with Crippen LogP contribution in [0, 0.1) is 12.3 Å². The minimum Gasteiger partial charge on any atom is -0.480 e. The Morgan fingerprint density at radius 3 is 2.64 bits per heavy atom. The van der Waals surface area contributed by atoms with Crippen molar-refractivity contribution < 1.29 is 14.6 Å². The first-order valence-electron chi connectivity index (χ1n) is 7.61. The molecule has 1 heterocycles. The maximum absolute atomic E-state index is 11.5. The van der Waals surface area contributed by atoms with E-state index in [1.54, 1.807) is 12.1 Å². The molecule has 0 saturated heterocycles. The number of aromatic carboxylic acids is 1. The van der Waals surface area contributed by atoms with E-state index in [1.165, 1.54) is 6.07 Å². The number of carboxylic acid groups (broad SMARTS) is 1. The molecule has 0 radical (unpaired) electrons. The second-order valence-electron chi connectivity index (χ2n) is 5.48. The predicted octanol–water partition coefficient (Wildman–Crippen LogP) is 3.65. The molecule has 0 spiro atoms. The van der Waals surface area contributed by atoms with Gasteiger partial charge in [0.1, 0.15) is 23.4 Å². The van der Waals surface area contributed by atoms with Crippen LogP contribution in [0.25, 0.3) is 32.8 Å². The van der Waals surface area contributed by atoms with Gasteiger partial charge in [0, 0.05) is 0 Å². The van der Waals surface area contributed by atoms with Crippen molar-refractivity contribution in [1.29, 1.82) is 0 Å². The van der Waals surface area contributed by atoms with Gasteiger partial charge in [-0.1, -0.05) is 30.2 Å². The van der Waals surface area contributed by atoms with Gasteiger partial charge in [0.25, 0.3) is 0 Å². The monoisotopic (exact) mass is 328 g/mol. The maximum Gasteiger partial charge on any atom is 0.337 e. The van der Waals surface area contributed by atoms with Crippen LogP contribution in [0.2, 0.25) is 0 Å². The summed E-state index contributed by atoms with van der Waals surface area (Å²) in [6.07, 6.45) is 5.29. The number of fused-ring (bicyclic) bond motifs is 4. The highest BCUT2D eigenvalue weighted by Crippen LogP contribution is 2.32. The van der Waals surface area contributed by atoms with Gasteiger partial charge in [-0.25, -0.2) is 14.8 Å².